The zero-order valence-corrected chi connectivity index (χ0v) is 10.5. The summed E-state index contributed by atoms with van der Waals surface area (Å²) in [7, 11) is 1.77. The van der Waals surface area contributed by atoms with Crippen molar-refractivity contribution in [3.05, 3.63) is 24.0 Å². The van der Waals surface area contributed by atoms with E-state index in [1.165, 1.54) is 0 Å². The van der Waals surface area contributed by atoms with E-state index < -0.39 is 0 Å². The lowest BCUT2D eigenvalue weighted by Crippen LogP contribution is -2.48. The van der Waals surface area contributed by atoms with Gasteiger partial charge in [0.2, 0.25) is 5.91 Å². The zero-order valence-electron chi connectivity index (χ0n) is 10.5. The number of piperazine rings is 1. The van der Waals surface area contributed by atoms with Crippen LogP contribution in [-0.2, 0) is 11.8 Å². The summed E-state index contributed by atoms with van der Waals surface area (Å²) in [4.78, 5) is 25.6. The summed E-state index contributed by atoms with van der Waals surface area (Å²) < 4.78 is 1.69. The van der Waals surface area contributed by atoms with Crippen LogP contribution in [0.4, 0.5) is 0 Å². The number of hydrogen-bond donors (Lipinski definition) is 2. The van der Waals surface area contributed by atoms with Crippen molar-refractivity contribution in [2.75, 3.05) is 32.7 Å². The van der Waals surface area contributed by atoms with Crippen LogP contribution in [-0.4, -0.2) is 54.0 Å². The average Bonchev–Trinajstić information content (AvgIpc) is 2.76. The van der Waals surface area contributed by atoms with E-state index in [1.54, 1.807) is 29.9 Å². The Balaban J connectivity index is 1.84. The molecule has 1 saturated heterocycles. The average molecular weight is 250 g/mol. The normalized spacial score (nSPS) is 16.5. The Labute approximate surface area is 106 Å². The minimum Gasteiger partial charge on any atom is -0.347 e. The SMILES string of the molecule is Cn1cccc1C(=O)NC(=O)CN1CCNCC1. The quantitative estimate of drug-likeness (QED) is 0.736. The third kappa shape index (κ3) is 3.18. The van der Waals surface area contributed by atoms with Gasteiger partial charge in [0.05, 0.1) is 6.54 Å². The fourth-order valence-electron chi connectivity index (χ4n) is 2.00. The van der Waals surface area contributed by atoms with Gasteiger partial charge in [0.1, 0.15) is 5.69 Å². The van der Waals surface area contributed by atoms with E-state index in [0.29, 0.717) is 5.69 Å². The van der Waals surface area contributed by atoms with E-state index in [1.807, 2.05) is 4.90 Å². The van der Waals surface area contributed by atoms with Gasteiger partial charge >= 0.3 is 0 Å². The van der Waals surface area contributed by atoms with E-state index in [9.17, 15) is 9.59 Å². The minimum absolute atomic E-state index is 0.247. The molecule has 1 aliphatic rings. The highest BCUT2D eigenvalue weighted by molar-refractivity contribution is 6.04. The predicted molar refractivity (Wildman–Crippen MR) is 67.2 cm³/mol. The van der Waals surface area contributed by atoms with Gasteiger partial charge in [-0.1, -0.05) is 0 Å². The lowest BCUT2D eigenvalue weighted by atomic mass is 10.3. The summed E-state index contributed by atoms with van der Waals surface area (Å²) >= 11 is 0. The first-order valence-electron chi connectivity index (χ1n) is 6.05. The Morgan fingerprint density at radius 3 is 2.72 bits per heavy atom. The van der Waals surface area contributed by atoms with Gasteiger partial charge in [-0.15, -0.1) is 0 Å². The second-order valence-electron chi connectivity index (χ2n) is 4.41. The van der Waals surface area contributed by atoms with E-state index in [-0.39, 0.29) is 18.4 Å². The molecule has 2 amide bonds. The Morgan fingerprint density at radius 1 is 1.39 bits per heavy atom. The highest BCUT2D eigenvalue weighted by Gasteiger charge is 2.16. The van der Waals surface area contributed by atoms with Gasteiger partial charge in [-0.3, -0.25) is 19.8 Å². The van der Waals surface area contributed by atoms with Crippen molar-refractivity contribution in [3.8, 4) is 0 Å². The van der Waals surface area contributed by atoms with Crippen molar-refractivity contribution < 1.29 is 9.59 Å². The molecule has 1 aromatic heterocycles. The second kappa shape index (κ2) is 5.79. The maximum absolute atomic E-state index is 11.8. The lowest BCUT2D eigenvalue weighted by molar-refractivity contribution is -0.121. The van der Waals surface area contributed by atoms with Crippen LogP contribution in [0.25, 0.3) is 0 Å². The minimum atomic E-state index is -0.345. The Morgan fingerprint density at radius 2 is 2.11 bits per heavy atom. The van der Waals surface area contributed by atoms with Crippen LogP contribution < -0.4 is 10.6 Å². The lowest BCUT2D eigenvalue weighted by Gasteiger charge is -2.26. The number of rotatable bonds is 3. The van der Waals surface area contributed by atoms with Crippen LogP contribution in [0.5, 0.6) is 0 Å². The fourth-order valence-corrected chi connectivity index (χ4v) is 2.00. The molecule has 0 atom stereocenters. The number of nitrogens with one attached hydrogen (secondary N) is 2. The van der Waals surface area contributed by atoms with Crippen molar-refractivity contribution in [1.29, 1.82) is 0 Å². The van der Waals surface area contributed by atoms with Crippen LogP contribution in [0, 0.1) is 0 Å². The smallest absolute Gasteiger partial charge is 0.274 e. The number of carbonyl (C=O) groups is 2. The maximum atomic E-state index is 11.8. The molecule has 6 heteroatoms. The molecule has 0 aromatic carbocycles. The molecular weight excluding hydrogens is 232 g/mol. The molecule has 98 valence electrons. The van der Waals surface area contributed by atoms with Gasteiger partial charge < -0.3 is 9.88 Å². The molecule has 2 N–H and O–H groups in total. The van der Waals surface area contributed by atoms with Crippen LogP contribution in [0.3, 0.4) is 0 Å². The summed E-state index contributed by atoms with van der Waals surface area (Å²) in [5.41, 5.74) is 0.490. The monoisotopic (exact) mass is 250 g/mol. The molecule has 1 fully saturated rings. The first-order valence-corrected chi connectivity index (χ1v) is 6.05. The maximum Gasteiger partial charge on any atom is 0.274 e. The Hall–Kier alpha value is -1.66. The first-order chi connectivity index (χ1) is 8.66. The van der Waals surface area contributed by atoms with Gasteiger partial charge in [0, 0.05) is 39.4 Å². The van der Waals surface area contributed by atoms with E-state index >= 15 is 0 Å². The fraction of sp³-hybridized carbons (Fsp3) is 0.500. The Bertz CT molecular complexity index is 435. The van der Waals surface area contributed by atoms with Crippen LogP contribution in [0.2, 0.25) is 0 Å². The van der Waals surface area contributed by atoms with Gasteiger partial charge in [0.15, 0.2) is 0 Å². The summed E-state index contributed by atoms with van der Waals surface area (Å²) in [6.07, 6.45) is 1.77. The topological polar surface area (TPSA) is 66.4 Å². The number of amides is 2. The number of carbonyl (C=O) groups excluding carboxylic acids is 2. The van der Waals surface area contributed by atoms with Crippen LogP contribution in [0.15, 0.2) is 18.3 Å². The number of aryl methyl sites for hydroxylation is 1. The molecule has 0 bridgehead atoms. The zero-order chi connectivity index (χ0) is 13.0. The molecular formula is C12H18N4O2. The van der Waals surface area contributed by atoms with Crippen molar-refractivity contribution in [2.45, 2.75) is 0 Å². The van der Waals surface area contributed by atoms with Crippen molar-refractivity contribution in [1.82, 2.24) is 20.1 Å². The molecule has 6 nitrogen and oxygen atoms in total. The van der Waals surface area contributed by atoms with Crippen molar-refractivity contribution in [3.63, 3.8) is 0 Å². The van der Waals surface area contributed by atoms with Crippen molar-refractivity contribution >= 4 is 11.8 Å². The number of nitrogens with zero attached hydrogens (tertiary/aromatic N) is 2. The highest BCUT2D eigenvalue weighted by Crippen LogP contribution is 1.99. The van der Waals surface area contributed by atoms with Gasteiger partial charge in [-0.05, 0) is 12.1 Å². The molecule has 0 aliphatic carbocycles. The first kappa shape index (κ1) is 12.8. The van der Waals surface area contributed by atoms with Gasteiger partial charge in [-0.25, -0.2) is 0 Å². The molecule has 0 radical (unpaired) electrons. The van der Waals surface area contributed by atoms with Crippen LogP contribution in [0.1, 0.15) is 10.5 Å². The number of hydrogen-bond acceptors (Lipinski definition) is 4. The summed E-state index contributed by atoms with van der Waals surface area (Å²) in [6, 6.07) is 3.46. The molecule has 0 saturated carbocycles. The second-order valence-corrected chi connectivity index (χ2v) is 4.41. The molecule has 0 spiro atoms. The third-order valence-electron chi connectivity index (χ3n) is 3.01. The molecule has 1 aromatic rings. The summed E-state index contributed by atoms with van der Waals surface area (Å²) in [5.74, 6) is -0.592. The molecule has 2 heterocycles. The molecule has 18 heavy (non-hydrogen) atoms. The van der Waals surface area contributed by atoms with Gasteiger partial charge in [-0.2, -0.15) is 0 Å². The van der Waals surface area contributed by atoms with E-state index in [4.69, 9.17) is 0 Å². The highest BCUT2D eigenvalue weighted by atomic mass is 16.2. The Kier molecular flexibility index (Phi) is 4.11. The third-order valence-corrected chi connectivity index (χ3v) is 3.01. The standard InChI is InChI=1S/C12H18N4O2/c1-15-6-2-3-10(15)12(18)14-11(17)9-16-7-4-13-5-8-16/h2-3,6,13H,4-5,7-9H2,1H3,(H,14,17,18). The van der Waals surface area contributed by atoms with E-state index in [2.05, 4.69) is 10.6 Å². The number of imide groups is 1. The summed E-state index contributed by atoms with van der Waals surface area (Å²) in [5, 5.41) is 5.62. The summed E-state index contributed by atoms with van der Waals surface area (Å²) in [6.45, 7) is 3.73. The largest absolute Gasteiger partial charge is 0.347 e. The van der Waals surface area contributed by atoms with Gasteiger partial charge in [0.25, 0.3) is 5.91 Å². The molecule has 2 rings (SSSR count). The number of aromatic nitrogens is 1. The molecule has 0 unspecified atom stereocenters. The molecule has 1 aliphatic heterocycles. The van der Waals surface area contributed by atoms with E-state index in [0.717, 1.165) is 26.2 Å². The predicted octanol–water partition coefficient (Wildman–Crippen LogP) is -0.813. The van der Waals surface area contributed by atoms with Crippen molar-refractivity contribution in [2.24, 2.45) is 7.05 Å². The van der Waals surface area contributed by atoms with Crippen LogP contribution >= 0.6 is 0 Å².